The average molecular weight is 185 g/mol. The number of hydrogen-bond donors (Lipinski definition) is 0. The highest BCUT2D eigenvalue weighted by Gasteiger charge is 2.55. The fourth-order valence-electron chi connectivity index (χ4n) is 3.17. The van der Waals surface area contributed by atoms with Gasteiger partial charge in [-0.3, -0.25) is 0 Å². The molecule has 0 atom stereocenters. The SMILES string of the molecule is C=CCC1(CCl)CC2(CCC2)C1. The van der Waals surface area contributed by atoms with Crippen LogP contribution in [-0.2, 0) is 0 Å². The fraction of sp³-hybridized carbons (Fsp3) is 0.818. The maximum atomic E-state index is 6.00. The van der Waals surface area contributed by atoms with Crippen molar-refractivity contribution >= 4 is 11.6 Å². The first kappa shape index (κ1) is 8.62. The normalized spacial score (nSPS) is 29.1. The molecule has 2 rings (SSSR count). The van der Waals surface area contributed by atoms with Gasteiger partial charge in [0.05, 0.1) is 0 Å². The van der Waals surface area contributed by atoms with E-state index in [1.807, 2.05) is 6.08 Å². The Balaban J connectivity index is 1.93. The molecule has 0 aromatic heterocycles. The number of alkyl halides is 1. The van der Waals surface area contributed by atoms with Crippen molar-refractivity contribution < 1.29 is 0 Å². The van der Waals surface area contributed by atoms with E-state index in [-0.39, 0.29) is 0 Å². The Labute approximate surface area is 80.0 Å². The van der Waals surface area contributed by atoms with Crippen molar-refractivity contribution in [1.82, 2.24) is 0 Å². The van der Waals surface area contributed by atoms with Crippen LogP contribution in [0.25, 0.3) is 0 Å². The van der Waals surface area contributed by atoms with Crippen molar-refractivity contribution in [2.24, 2.45) is 10.8 Å². The summed E-state index contributed by atoms with van der Waals surface area (Å²) in [6, 6.07) is 0. The summed E-state index contributed by atoms with van der Waals surface area (Å²) in [6.07, 6.45) is 10.3. The van der Waals surface area contributed by atoms with Crippen LogP contribution < -0.4 is 0 Å². The molecule has 68 valence electrons. The van der Waals surface area contributed by atoms with Crippen LogP contribution in [0.2, 0.25) is 0 Å². The monoisotopic (exact) mass is 184 g/mol. The van der Waals surface area contributed by atoms with Crippen molar-refractivity contribution in [1.29, 1.82) is 0 Å². The Morgan fingerprint density at radius 1 is 1.33 bits per heavy atom. The van der Waals surface area contributed by atoms with Gasteiger partial charge in [-0.25, -0.2) is 0 Å². The summed E-state index contributed by atoms with van der Waals surface area (Å²) < 4.78 is 0. The van der Waals surface area contributed by atoms with Crippen molar-refractivity contribution in [2.45, 2.75) is 38.5 Å². The van der Waals surface area contributed by atoms with E-state index in [1.165, 1.54) is 32.1 Å². The Bertz CT molecular complexity index is 183. The minimum absolute atomic E-state index is 0.448. The maximum absolute atomic E-state index is 6.00. The molecule has 0 aromatic carbocycles. The summed E-state index contributed by atoms with van der Waals surface area (Å²) in [6.45, 7) is 3.81. The van der Waals surface area contributed by atoms with E-state index < -0.39 is 0 Å². The van der Waals surface area contributed by atoms with Gasteiger partial charge in [-0.15, -0.1) is 18.2 Å². The number of hydrogen-bond acceptors (Lipinski definition) is 0. The van der Waals surface area contributed by atoms with Gasteiger partial charge < -0.3 is 0 Å². The first-order chi connectivity index (χ1) is 5.74. The fourth-order valence-corrected chi connectivity index (χ4v) is 3.47. The van der Waals surface area contributed by atoms with E-state index in [9.17, 15) is 0 Å². The van der Waals surface area contributed by atoms with Crippen LogP contribution in [0.3, 0.4) is 0 Å². The Morgan fingerprint density at radius 2 is 2.00 bits per heavy atom. The zero-order valence-electron chi connectivity index (χ0n) is 7.61. The highest BCUT2D eigenvalue weighted by molar-refractivity contribution is 6.18. The predicted octanol–water partition coefficient (Wildman–Crippen LogP) is 3.75. The van der Waals surface area contributed by atoms with Crippen LogP contribution in [-0.4, -0.2) is 5.88 Å². The molecule has 0 bridgehead atoms. The molecule has 0 saturated heterocycles. The second kappa shape index (κ2) is 2.77. The highest BCUT2D eigenvalue weighted by atomic mass is 35.5. The molecule has 0 heterocycles. The summed E-state index contributed by atoms with van der Waals surface area (Å²) in [5, 5.41) is 0. The first-order valence-corrected chi connectivity index (χ1v) is 5.45. The van der Waals surface area contributed by atoms with Crippen LogP contribution in [0.5, 0.6) is 0 Å². The van der Waals surface area contributed by atoms with Gasteiger partial charge in [0.25, 0.3) is 0 Å². The van der Waals surface area contributed by atoms with Crippen LogP contribution in [0.15, 0.2) is 12.7 Å². The average Bonchev–Trinajstić information content (AvgIpc) is 1.92. The van der Waals surface area contributed by atoms with Crippen molar-refractivity contribution in [3.8, 4) is 0 Å². The van der Waals surface area contributed by atoms with E-state index in [4.69, 9.17) is 11.6 Å². The van der Waals surface area contributed by atoms with Gasteiger partial charge in [0, 0.05) is 5.88 Å². The molecule has 2 saturated carbocycles. The predicted molar refractivity (Wildman–Crippen MR) is 53.5 cm³/mol. The quantitative estimate of drug-likeness (QED) is 0.463. The van der Waals surface area contributed by atoms with Crippen LogP contribution >= 0.6 is 11.6 Å². The van der Waals surface area contributed by atoms with E-state index in [0.717, 1.165) is 17.7 Å². The van der Waals surface area contributed by atoms with Gasteiger partial charge in [0.2, 0.25) is 0 Å². The minimum Gasteiger partial charge on any atom is -0.126 e. The minimum atomic E-state index is 0.448. The van der Waals surface area contributed by atoms with Crippen LogP contribution in [0.1, 0.15) is 38.5 Å². The molecule has 0 radical (unpaired) electrons. The Hall–Kier alpha value is 0.0300. The molecule has 0 unspecified atom stereocenters. The van der Waals surface area contributed by atoms with Gasteiger partial charge in [-0.05, 0) is 42.9 Å². The molecular formula is C11H17Cl. The zero-order chi connectivity index (χ0) is 8.66. The van der Waals surface area contributed by atoms with E-state index >= 15 is 0 Å². The molecule has 1 spiro atoms. The van der Waals surface area contributed by atoms with Gasteiger partial charge in [-0.2, -0.15) is 0 Å². The lowest BCUT2D eigenvalue weighted by Crippen LogP contribution is -2.51. The second-order valence-electron chi connectivity index (χ2n) is 4.83. The van der Waals surface area contributed by atoms with E-state index in [2.05, 4.69) is 6.58 Å². The van der Waals surface area contributed by atoms with Gasteiger partial charge in [0.1, 0.15) is 0 Å². The molecule has 12 heavy (non-hydrogen) atoms. The summed E-state index contributed by atoms with van der Waals surface area (Å²) in [5.74, 6) is 0.834. The van der Waals surface area contributed by atoms with Gasteiger partial charge in [-0.1, -0.05) is 12.5 Å². The summed E-state index contributed by atoms with van der Waals surface area (Å²) in [5.41, 5.74) is 1.20. The third-order valence-electron chi connectivity index (χ3n) is 3.78. The molecule has 0 N–H and O–H groups in total. The third kappa shape index (κ3) is 1.12. The summed E-state index contributed by atoms with van der Waals surface area (Å²) in [7, 11) is 0. The van der Waals surface area contributed by atoms with Gasteiger partial charge >= 0.3 is 0 Å². The molecule has 2 aliphatic rings. The van der Waals surface area contributed by atoms with Gasteiger partial charge in [0.15, 0.2) is 0 Å². The molecule has 0 amide bonds. The Morgan fingerprint density at radius 3 is 2.33 bits per heavy atom. The zero-order valence-corrected chi connectivity index (χ0v) is 8.37. The molecule has 2 aliphatic carbocycles. The first-order valence-electron chi connectivity index (χ1n) is 4.91. The van der Waals surface area contributed by atoms with Crippen LogP contribution in [0.4, 0.5) is 0 Å². The number of halogens is 1. The summed E-state index contributed by atoms with van der Waals surface area (Å²) in [4.78, 5) is 0. The lowest BCUT2D eigenvalue weighted by atomic mass is 9.45. The molecule has 0 nitrogen and oxygen atoms in total. The summed E-state index contributed by atoms with van der Waals surface area (Å²) >= 11 is 6.00. The maximum Gasteiger partial charge on any atom is 0.0283 e. The van der Waals surface area contributed by atoms with E-state index in [0.29, 0.717) is 5.41 Å². The van der Waals surface area contributed by atoms with Crippen molar-refractivity contribution in [3.05, 3.63) is 12.7 Å². The standard InChI is InChI=1S/C11H17Cl/c1-2-4-11(9-12)7-10(8-11)5-3-6-10/h2H,1,3-9H2. The highest BCUT2D eigenvalue weighted by Crippen LogP contribution is 2.65. The number of rotatable bonds is 3. The van der Waals surface area contributed by atoms with Crippen molar-refractivity contribution in [2.75, 3.05) is 5.88 Å². The molecule has 1 heteroatoms. The second-order valence-corrected chi connectivity index (χ2v) is 5.10. The van der Waals surface area contributed by atoms with Crippen LogP contribution in [0, 0.1) is 10.8 Å². The molecular weight excluding hydrogens is 168 g/mol. The largest absolute Gasteiger partial charge is 0.126 e. The number of allylic oxidation sites excluding steroid dienone is 1. The molecule has 2 fully saturated rings. The Kier molecular flexibility index (Phi) is 1.99. The lowest BCUT2D eigenvalue weighted by Gasteiger charge is -2.61. The topological polar surface area (TPSA) is 0 Å². The third-order valence-corrected chi connectivity index (χ3v) is 4.34. The van der Waals surface area contributed by atoms with E-state index in [1.54, 1.807) is 0 Å². The molecule has 0 aliphatic heterocycles. The lowest BCUT2D eigenvalue weighted by molar-refractivity contribution is -0.0819. The van der Waals surface area contributed by atoms with Crippen molar-refractivity contribution in [3.63, 3.8) is 0 Å². The smallest absolute Gasteiger partial charge is 0.0283 e. The molecule has 0 aromatic rings.